The molecule has 20 heavy (non-hydrogen) atoms. The van der Waals surface area contributed by atoms with Crippen molar-refractivity contribution in [1.29, 1.82) is 0 Å². The summed E-state index contributed by atoms with van der Waals surface area (Å²) in [5, 5.41) is 14.9. The van der Waals surface area contributed by atoms with Crippen LogP contribution < -0.4 is 11.1 Å². The summed E-state index contributed by atoms with van der Waals surface area (Å²) in [5.41, 5.74) is 8.04. The molecule has 1 aromatic carbocycles. The van der Waals surface area contributed by atoms with E-state index in [4.69, 9.17) is 5.73 Å². The third kappa shape index (κ3) is 3.21. The van der Waals surface area contributed by atoms with E-state index in [0.29, 0.717) is 6.54 Å². The second-order valence-corrected chi connectivity index (χ2v) is 5.61. The largest absolute Gasteiger partial charge is 0.383 e. The first-order valence-electron chi connectivity index (χ1n) is 6.35. The number of benzene rings is 1. The van der Waals surface area contributed by atoms with Crippen LogP contribution in [0.1, 0.15) is 19.5 Å². The number of hydrogen-bond donors (Lipinski definition) is 2. The van der Waals surface area contributed by atoms with Crippen LogP contribution in [0.25, 0.3) is 10.9 Å². The summed E-state index contributed by atoms with van der Waals surface area (Å²) < 4.78 is 0. The van der Waals surface area contributed by atoms with E-state index in [2.05, 4.69) is 10.3 Å². The van der Waals surface area contributed by atoms with Crippen LogP contribution in [0.3, 0.4) is 0 Å². The third-order valence-electron chi connectivity index (χ3n) is 2.87. The van der Waals surface area contributed by atoms with E-state index < -0.39 is 4.92 Å². The van der Waals surface area contributed by atoms with Crippen LogP contribution in [0, 0.1) is 17.0 Å². The molecule has 0 fully saturated rings. The summed E-state index contributed by atoms with van der Waals surface area (Å²) in [6, 6.07) is 6.54. The zero-order chi connectivity index (χ0) is 14.9. The molecule has 0 saturated heterocycles. The molecule has 0 saturated carbocycles. The van der Waals surface area contributed by atoms with Crippen molar-refractivity contribution < 1.29 is 4.92 Å². The van der Waals surface area contributed by atoms with Crippen LogP contribution >= 0.6 is 0 Å². The molecule has 2 aromatic rings. The number of nitrogens with one attached hydrogen (secondary N) is 1. The third-order valence-corrected chi connectivity index (χ3v) is 2.87. The fourth-order valence-corrected chi connectivity index (χ4v) is 1.93. The summed E-state index contributed by atoms with van der Waals surface area (Å²) in [6.45, 7) is 6.28. The smallest absolute Gasteiger partial charge is 0.270 e. The van der Waals surface area contributed by atoms with Gasteiger partial charge in [-0.05, 0) is 32.9 Å². The summed E-state index contributed by atoms with van der Waals surface area (Å²) in [6.07, 6.45) is 0. The predicted octanol–water partition coefficient (Wildman–Crippen LogP) is 2.60. The maximum absolute atomic E-state index is 10.9. The van der Waals surface area contributed by atoms with Crippen molar-refractivity contribution in [3.63, 3.8) is 0 Å². The number of pyridine rings is 1. The van der Waals surface area contributed by atoms with Crippen molar-refractivity contribution in [3.05, 3.63) is 40.1 Å². The standard InChI is InChI=1S/C14H18N4O2/c1-9-6-13(16-8-14(2,3)15)11-7-10(18(19)20)4-5-12(11)17-9/h4-7H,8,15H2,1-3H3,(H,16,17). The average molecular weight is 274 g/mol. The van der Waals surface area contributed by atoms with Crippen LogP contribution in [0.5, 0.6) is 0 Å². The van der Waals surface area contributed by atoms with Gasteiger partial charge in [-0.1, -0.05) is 0 Å². The Labute approximate surface area is 117 Å². The Morgan fingerprint density at radius 3 is 2.70 bits per heavy atom. The highest BCUT2D eigenvalue weighted by atomic mass is 16.6. The molecule has 0 aliphatic rings. The molecule has 0 spiro atoms. The van der Waals surface area contributed by atoms with Crippen molar-refractivity contribution in [2.75, 3.05) is 11.9 Å². The van der Waals surface area contributed by atoms with Crippen molar-refractivity contribution in [2.45, 2.75) is 26.3 Å². The van der Waals surface area contributed by atoms with Gasteiger partial charge in [0.25, 0.3) is 5.69 Å². The van der Waals surface area contributed by atoms with Gasteiger partial charge in [-0.25, -0.2) is 0 Å². The van der Waals surface area contributed by atoms with Gasteiger partial charge in [-0.3, -0.25) is 15.1 Å². The van der Waals surface area contributed by atoms with Gasteiger partial charge in [-0.15, -0.1) is 0 Å². The molecule has 6 heteroatoms. The number of aromatic nitrogens is 1. The minimum Gasteiger partial charge on any atom is -0.383 e. The minimum absolute atomic E-state index is 0.0539. The van der Waals surface area contributed by atoms with E-state index >= 15 is 0 Å². The van der Waals surface area contributed by atoms with Crippen molar-refractivity contribution in [1.82, 2.24) is 4.98 Å². The first kappa shape index (κ1) is 14.2. The lowest BCUT2D eigenvalue weighted by molar-refractivity contribution is -0.384. The quantitative estimate of drug-likeness (QED) is 0.660. The molecule has 1 aromatic heterocycles. The molecule has 106 valence electrons. The van der Waals surface area contributed by atoms with Gasteiger partial charge in [0, 0.05) is 41.0 Å². The highest BCUT2D eigenvalue weighted by molar-refractivity contribution is 5.93. The Kier molecular flexibility index (Phi) is 3.59. The zero-order valence-corrected chi connectivity index (χ0v) is 11.8. The molecule has 0 aliphatic carbocycles. The van der Waals surface area contributed by atoms with Crippen LogP contribution in [0.2, 0.25) is 0 Å². The van der Waals surface area contributed by atoms with E-state index in [-0.39, 0.29) is 11.2 Å². The van der Waals surface area contributed by atoms with Gasteiger partial charge in [-0.2, -0.15) is 0 Å². The average Bonchev–Trinajstić information content (AvgIpc) is 2.34. The lowest BCUT2D eigenvalue weighted by atomic mass is 10.1. The zero-order valence-electron chi connectivity index (χ0n) is 11.8. The summed E-state index contributed by atoms with van der Waals surface area (Å²) >= 11 is 0. The van der Waals surface area contributed by atoms with E-state index in [1.807, 2.05) is 26.8 Å². The molecule has 6 nitrogen and oxygen atoms in total. The molecule has 2 rings (SSSR count). The first-order chi connectivity index (χ1) is 9.26. The maximum Gasteiger partial charge on any atom is 0.270 e. The second-order valence-electron chi connectivity index (χ2n) is 5.61. The molecule has 3 N–H and O–H groups in total. The summed E-state index contributed by atoms with van der Waals surface area (Å²) in [4.78, 5) is 14.9. The fraction of sp³-hybridized carbons (Fsp3) is 0.357. The molecule has 0 unspecified atom stereocenters. The Hall–Kier alpha value is -2.21. The fourth-order valence-electron chi connectivity index (χ4n) is 1.93. The topological polar surface area (TPSA) is 94.1 Å². The molecule has 1 heterocycles. The van der Waals surface area contributed by atoms with Gasteiger partial charge in [0.05, 0.1) is 10.4 Å². The molecule has 0 atom stereocenters. The highest BCUT2D eigenvalue weighted by Gasteiger charge is 2.14. The van der Waals surface area contributed by atoms with E-state index in [9.17, 15) is 10.1 Å². The van der Waals surface area contributed by atoms with Gasteiger partial charge < -0.3 is 11.1 Å². The number of anilines is 1. The number of nitrogens with two attached hydrogens (primary N) is 1. The summed E-state index contributed by atoms with van der Waals surface area (Å²) in [5.74, 6) is 0. The van der Waals surface area contributed by atoms with Crippen LogP contribution in [-0.4, -0.2) is 22.0 Å². The summed E-state index contributed by atoms with van der Waals surface area (Å²) in [7, 11) is 0. The molecular weight excluding hydrogens is 256 g/mol. The molecule has 0 amide bonds. The van der Waals surface area contributed by atoms with Crippen molar-refractivity contribution >= 4 is 22.3 Å². The number of fused-ring (bicyclic) bond motifs is 1. The lowest BCUT2D eigenvalue weighted by Crippen LogP contribution is -2.39. The van der Waals surface area contributed by atoms with E-state index in [1.54, 1.807) is 6.07 Å². The van der Waals surface area contributed by atoms with Crippen LogP contribution in [0.4, 0.5) is 11.4 Å². The van der Waals surface area contributed by atoms with Gasteiger partial charge in [0.2, 0.25) is 0 Å². The van der Waals surface area contributed by atoms with Gasteiger partial charge in [0.1, 0.15) is 0 Å². The lowest BCUT2D eigenvalue weighted by Gasteiger charge is -2.20. The number of non-ortho nitro benzene ring substituents is 1. The number of nitro benzene ring substituents is 1. The molecular formula is C14H18N4O2. The first-order valence-corrected chi connectivity index (χ1v) is 6.35. The Morgan fingerprint density at radius 2 is 2.10 bits per heavy atom. The van der Waals surface area contributed by atoms with Crippen LogP contribution in [-0.2, 0) is 0 Å². The van der Waals surface area contributed by atoms with Gasteiger partial charge >= 0.3 is 0 Å². The highest BCUT2D eigenvalue weighted by Crippen LogP contribution is 2.27. The number of nitro groups is 1. The Bertz CT molecular complexity index is 662. The molecule has 0 radical (unpaired) electrons. The number of rotatable bonds is 4. The van der Waals surface area contributed by atoms with Crippen molar-refractivity contribution in [2.24, 2.45) is 5.73 Å². The van der Waals surface area contributed by atoms with Crippen molar-refractivity contribution in [3.8, 4) is 0 Å². The van der Waals surface area contributed by atoms with Crippen LogP contribution in [0.15, 0.2) is 24.3 Å². The minimum atomic E-state index is -0.407. The Morgan fingerprint density at radius 1 is 1.40 bits per heavy atom. The second kappa shape index (κ2) is 5.05. The number of aryl methyl sites for hydroxylation is 1. The van der Waals surface area contributed by atoms with E-state index in [1.165, 1.54) is 12.1 Å². The van der Waals surface area contributed by atoms with Gasteiger partial charge in [0.15, 0.2) is 0 Å². The number of hydrogen-bond acceptors (Lipinski definition) is 5. The normalized spacial score (nSPS) is 11.6. The molecule has 0 aliphatic heterocycles. The maximum atomic E-state index is 10.9. The van der Waals surface area contributed by atoms with E-state index in [0.717, 1.165) is 22.3 Å². The predicted molar refractivity (Wildman–Crippen MR) is 79.9 cm³/mol. The monoisotopic (exact) mass is 274 g/mol. The number of nitrogens with zero attached hydrogens (tertiary/aromatic N) is 2. The SMILES string of the molecule is Cc1cc(NCC(C)(C)N)c2cc([N+](=O)[O-])ccc2n1. The Balaban J connectivity index is 2.50. The molecule has 0 bridgehead atoms.